The number of fused-ring (bicyclic) bond motifs is 13. The number of rotatable bonds is 4. The zero-order valence-corrected chi connectivity index (χ0v) is 37.9. The van der Waals surface area contributed by atoms with E-state index in [2.05, 4.69) is 200 Å². The zero-order valence-electron chi connectivity index (χ0n) is 35.4. The Kier molecular flexibility index (Phi) is 8.27. The maximum Gasteiger partial charge on any atom is 0.0741 e. The van der Waals surface area contributed by atoms with Crippen molar-refractivity contribution in [3.05, 3.63) is 210 Å². The van der Waals surface area contributed by atoms with Gasteiger partial charge < -0.3 is 4.57 Å². The number of benzene rings is 9. The molecule has 0 bridgehead atoms. The fraction of sp³-hybridized carbons (Fsp3) is 0.0500. The van der Waals surface area contributed by atoms with Crippen LogP contribution in [0.5, 0.6) is 0 Å². The summed E-state index contributed by atoms with van der Waals surface area (Å²) in [5.41, 5.74) is 11.9. The van der Waals surface area contributed by atoms with Gasteiger partial charge in [-0.3, -0.25) is 4.99 Å². The van der Waals surface area contributed by atoms with Crippen molar-refractivity contribution in [2.45, 2.75) is 19.8 Å². The summed E-state index contributed by atoms with van der Waals surface area (Å²) >= 11 is 5.65. The van der Waals surface area contributed by atoms with E-state index in [9.17, 15) is 0 Å². The Bertz CT molecular complexity index is 4260. The van der Waals surface area contributed by atoms with E-state index in [1.807, 2.05) is 34.0 Å². The van der Waals surface area contributed by atoms with Gasteiger partial charge >= 0.3 is 0 Å². The molecule has 0 spiro atoms. The minimum absolute atomic E-state index is 0.836. The normalized spacial score (nSPS) is 13.9. The predicted molar refractivity (Wildman–Crippen MR) is 286 cm³/mol. The van der Waals surface area contributed by atoms with Crippen LogP contribution in [-0.4, -0.2) is 10.3 Å². The summed E-state index contributed by atoms with van der Waals surface area (Å²) in [7, 11) is 0. The lowest BCUT2D eigenvalue weighted by atomic mass is 9.89. The molecular formula is C60H38N2S3. The smallest absolute Gasteiger partial charge is 0.0741 e. The van der Waals surface area contributed by atoms with Gasteiger partial charge in [-0.15, -0.1) is 34.0 Å². The molecule has 1 aliphatic rings. The van der Waals surface area contributed by atoms with E-state index in [1.165, 1.54) is 121 Å². The van der Waals surface area contributed by atoms with Crippen LogP contribution in [0.25, 0.3) is 110 Å². The molecule has 5 heterocycles. The first-order valence-electron chi connectivity index (χ1n) is 22.3. The Hall–Kier alpha value is -7.15. The van der Waals surface area contributed by atoms with E-state index in [0.29, 0.717) is 0 Å². The van der Waals surface area contributed by atoms with E-state index in [-0.39, 0.29) is 0 Å². The number of hydrogen-bond acceptors (Lipinski definition) is 4. The fourth-order valence-electron chi connectivity index (χ4n) is 10.6. The summed E-state index contributed by atoms with van der Waals surface area (Å²) < 4.78 is 10.3. The number of nitrogens with zero attached hydrogens (tertiary/aromatic N) is 2. The Balaban J connectivity index is 1.01. The van der Waals surface area contributed by atoms with E-state index in [1.54, 1.807) is 0 Å². The maximum absolute atomic E-state index is 5.80. The molecule has 9 aromatic carbocycles. The molecule has 4 aromatic heterocycles. The number of hydrogen-bond donors (Lipinski definition) is 0. The van der Waals surface area contributed by atoms with Crippen molar-refractivity contribution in [2.24, 2.45) is 4.99 Å². The van der Waals surface area contributed by atoms with Gasteiger partial charge in [0.05, 0.1) is 27.1 Å². The fourth-order valence-corrected chi connectivity index (χ4v) is 14.1. The average molecular weight is 883 g/mol. The Morgan fingerprint density at radius 1 is 0.462 bits per heavy atom. The van der Waals surface area contributed by atoms with Crippen LogP contribution in [0, 0.1) is 0 Å². The summed E-state index contributed by atoms with van der Waals surface area (Å²) in [6.07, 6.45) is 4.22. The molecule has 0 aliphatic carbocycles. The van der Waals surface area contributed by atoms with Crippen molar-refractivity contribution in [3.63, 3.8) is 0 Å². The molecule has 5 heteroatoms. The highest BCUT2D eigenvalue weighted by Crippen LogP contribution is 2.47. The molecule has 65 heavy (non-hydrogen) atoms. The van der Waals surface area contributed by atoms with Crippen LogP contribution >= 0.6 is 34.0 Å². The van der Waals surface area contributed by atoms with Crippen LogP contribution in [0.2, 0.25) is 0 Å². The molecule has 0 N–H and O–H groups in total. The van der Waals surface area contributed by atoms with Crippen LogP contribution in [0.15, 0.2) is 199 Å². The number of aliphatic imine (C=N–C) groups is 1. The summed E-state index contributed by atoms with van der Waals surface area (Å²) in [5, 5.41) is 12.9. The summed E-state index contributed by atoms with van der Waals surface area (Å²) in [5.74, 6) is 0. The largest absolute Gasteiger partial charge is 0.308 e. The van der Waals surface area contributed by atoms with Crippen molar-refractivity contribution in [3.8, 4) is 5.69 Å². The standard InChI is InChI=1S/C60H38N2S3/c1-35-40(46-29-30-51(60-58(46)47-18-7-11-24-55(47)65-60)62-50-21-8-4-15-41(50)48-31-36-13-2-3-14-37(36)32-52(48)62)19-12-20-49(38-25-27-44-42-16-5-9-22-53(42)63-56(44)33-38)61-59(35)39-26-28-45-43-17-6-10-23-54(43)64-57(45)34-39/h2-11,13-19,21-34H,12,20H2,1H3. The first-order valence-corrected chi connectivity index (χ1v) is 24.8. The summed E-state index contributed by atoms with van der Waals surface area (Å²) in [6, 6.07) is 67.7. The molecule has 0 unspecified atom stereocenters. The molecule has 0 atom stereocenters. The molecule has 2 nitrogen and oxygen atoms in total. The topological polar surface area (TPSA) is 17.3 Å². The zero-order chi connectivity index (χ0) is 42.8. The van der Waals surface area contributed by atoms with Crippen LogP contribution < -0.4 is 0 Å². The van der Waals surface area contributed by atoms with Gasteiger partial charge in [0.1, 0.15) is 0 Å². The van der Waals surface area contributed by atoms with Crippen LogP contribution in [0.1, 0.15) is 36.5 Å². The molecule has 0 saturated carbocycles. The quantitative estimate of drug-likeness (QED) is 0.168. The SMILES string of the molecule is CC1=C(c2ccc3c(c2)sc2ccccc23)N=C(c2ccc3c(c2)sc2ccccc23)CCC=C1c1ccc(-n2c3ccccc3c3cc4ccccc4cc32)c2sc3ccccc3c12. The monoisotopic (exact) mass is 882 g/mol. The van der Waals surface area contributed by atoms with Crippen molar-refractivity contribution in [1.29, 1.82) is 0 Å². The molecule has 306 valence electrons. The van der Waals surface area contributed by atoms with Crippen molar-refractivity contribution < 1.29 is 0 Å². The summed E-state index contributed by atoms with van der Waals surface area (Å²) in [4.78, 5) is 5.80. The van der Waals surface area contributed by atoms with Crippen molar-refractivity contribution in [1.82, 2.24) is 4.57 Å². The second kappa shape index (κ2) is 14.4. The number of allylic oxidation sites excluding steroid dienone is 3. The molecule has 1 aliphatic heterocycles. The van der Waals surface area contributed by atoms with E-state index >= 15 is 0 Å². The van der Waals surface area contributed by atoms with Crippen molar-refractivity contribution >= 4 is 144 Å². The number of thiophene rings is 3. The predicted octanol–water partition coefficient (Wildman–Crippen LogP) is 18.1. The second-order valence-corrected chi connectivity index (χ2v) is 20.5. The Morgan fingerprint density at radius 2 is 1.05 bits per heavy atom. The minimum Gasteiger partial charge on any atom is -0.308 e. The van der Waals surface area contributed by atoms with Gasteiger partial charge in [0.2, 0.25) is 0 Å². The molecule has 0 saturated heterocycles. The minimum atomic E-state index is 0.836. The highest BCUT2D eigenvalue weighted by molar-refractivity contribution is 7.26. The van der Waals surface area contributed by atoms with Crippen LogP contribution in [0.4, 0.5) is 0 Å². The molecule has 13 aromatic rings. The van der Waals surface area contributed by atoms with Gasteiger partial charge in [-0.2, -0.15) is 0 Å². The van der Waals surface area contributed by atoms with Crippen LogP contribution in [0.3, 0.4) is 0 Å². The van der Waals surface area contributed by atoms with E-state index in [0.717, 1.165) is 29.8 Å². The third-order valence-corrected chi connectivity index (χ3v) is 17.1. The van der Waals surface area contributed by atoms with E-state index in [4.69, 9.17) is 4.99 Å². The summed E-state index contributed by atoms with van der Waals surface area (Å²) in [6.45, 7) is 2.31. The molecule has 0 radical (unpaired) electrons. The lowest BCUT2D eigenvalue weighted by Crippen LogP contribution is -2.05. The molecule has 0 fully saturated rings. The lowest BCUT2D eigenvalue weighted by molar-refractivity contribution is 1.09. The van der Waals surface area contributed by atoms with Gasteiger partial charge in [0.15, 0.2) is 0 Å². The van der Waals surface area contributed by atoms with E-state index < -0.39 is 0 Å². The average Bonchev–Trinajstić information content (AvgIpc) is 4.11. The van der Waals surface area contributed by atoms with Gasteiger partial charge in [-0.05, 0) is 107 Å². The van der Waals surface area contributed by atoms with Gasteiger partial charge in [-0.1, -0.05) is 133 Å². The number of aromatic nitrogens is 1. The lowest BCUT2D eigenvalue weighted by Gasteiger charge is -2.20. The molecular weight excluding hydrogens is 845 g/mol. The highest BCUT2D eigenvalue weighted by atomic mass is 32.1. The number of para-hydroxylation sites is 1. The first-order chi connectivity index (χ1) is 32.1. The molecule has 14 rings (SSSR count). The van der Waals surface area contributed by atoms with Crippen LogP contribution in [-0.2, 0) is 0 Å². The Labute approximate surface area is 387 Å². The Morgan fingerprint density at radius 3 is 1.78 bits per heavy atom. The highest BCUT2D eigenvalue weighted by Gasteiger charge is 2.24. The van der Waals surface area contributed by atoms with Crippen molar-refractivity contribution in [2.75, 3.05) is 0 Å². The molecule has 0 amide bonds. The second-order valence-electron chi connectivity index (χ2n) is 17.3. The van der Waals surface area contributed by atoms with Gasteiger partial charge in [-0.25, -0.2) is 0 Å². The third kappa shape index (κ3) is 5.72. The first kappa shape index (κ1) is 37.2. The van der Waals surface area contributed by atoms with Gasteiger partial charge in [0.25, 0.3) is 0 Å². The maximum atomic E-state index is 5.80. The third-order valence-electron chi connectivity index (χ3n) is 13.7. The van der Waals surface area contributed by atoms with Gasteiger partial charge in [0, 0.05) is 77.9 Å².